The molecular weight excluding hydrogens is 326 g/mol. The Bertz CT molecular complexity index is 694. The molecule has 1 aromatic carbocycles. The summed E-state index contributed by atoms with van der Waals surface area (Å²) in [5.41, 5.74) is 1.67. The Balaban J connectivity index is 1.62. The van der Waals surface area contributed by atoms with E-state index in [4.69, 9.17) is 11.6 Å². The minimum atomic E-state index is 0.0330. The Morgan fingerprint density at radius 1 is 1.33 bits per heavy atom. The lowest BCUT2D eigenvalue weighted by Gasteiger charge is -2.31. The van der Waals surface area contributed by atoms with Gasteiger partial charge < -0.3 is 10.2 Å². The van der Waals surface area contributed by atoms with Gasteiger partial charge in [0.05, 0.1) is 17.3 Å². The van der Waals surface area contributed by atoms with Crippen LogP contribution in [0.1, 0.15) is 32.2 Å². The lowest BCUT2D eigenvalue weighted by Crippen LogP contribution is -2.45. The third-order valence-electron chi connectivity index (χ3n) is 4.31. The molecular formula is C17H22ClN5O. The molecule has 1 aliphatic rings. The zero-order chi connectivity index (χ0) is 16.9. The second-order valence-corrected chi connectivity index (χ2v) is 6.42. The second-order valence-electron chi connectivity index (χ2n) is 6.01. The number of benzene rings is 1. The topological polar surface area (TPSA) is 63.1 Å². The fourth-order valence-corrected chi connectivity index (χ4v) is 3.16. The van der Waals surface area contributed by atoms with Crippen molar-refractivity contribution in [3.63, 3.8) is 0 Å². The third kappa shape index (κ3) is 3.70. The van der Waals surface area contributed by atoms with Gasteiger partial charge in [-0.2, -0.15) is 0 Å². The number of amides is 2. The highest BCUT2D eigenvalue weighted by atomic mass is 35.5. The molecule has 0 radical (unpaired) electrons. The summed E-state index contributed by atoms with van der Waals surface area (Å²) in [6, 6.07) is 7.93. The van der Waals surface area contributed by atoms with E-state index in [-0.39, 0.29) is 12.1 Å². The van der Waals surface area contributed by atoms with Crippen LogP contribution in [0.25, 0.3) is 11.3 Å². The van der Waals surface area contributed by atoms with Gasteiger partial charge in [-0.05, 0) is 25.3 Å². The summed E-state index contributed by atoms with van der Waals surface area (Å²) in [5, 5.41) is 12.1. The van der Waals surface area contributed by atoms with Crippen LogP contribution in [0.4, 0.5) is 4.79 Å². The summed E-state index contributed by atoms with van der Waals surface area (Å²) in [4.78, 5) is 13.9. The SMILES string of the molecule is CCCNC(=O)N1CCC(n2cc(-c3ccccc3Cl)nn2)CC1. The van der Waals surface area contributed by atoms with Crippen molar-refractivity contribution in [2.45, 2.75) is 32.2 Å². The number of nitrogens with zero attached hydrogens (tertiary/aromatic N) is 4. The van der Waals surface area contributed by atoms with Gasteiger partial charge >= 0.3 is 6.03 Å². The Labute approximate surface area is 146 Å². The van der Waals surface area contributed by atoms with Crippen molar-refractivity contribution in [2.24, 2.45) is 0 Å². The second kappa shape index (κ2) is 7.66. The predicted octanol–water partition coefficient (Wildman–Crippen LogP) is 3.36. The van der Waals surface area contributed by atoms with Crippen molar-refractivity contribution in [3.05, 3.63) is 35.5 Å². The van der Waals surface area contributed by atoms with Crippen LogP contribution in [-0.2, 0) is 0 Å². The standard InChI is InChI=1S/C17H22ClN5O/c1-2-9-19-17(24)22-10-7-13(8-11-22)23-12-16(20-21-23)14-5-3-4-6-15(14)18/h3-6,12-13H,2,7-11H2,1H3,(H,19,24). The maximum atomic E-state index is 12.0. The van der Waals surface area contributed by atoms with E-state index in [2.05, 4.69) is 15.6 Å². The third-order valence-corrected chi connectivity index (χ3v) is 4.64. The maximum Gasteiger partial charge on any atom is 0.317 e. The zero-order valence-corrected chi connectivity index (χ0v) is 14.5. The number of likely N-dealkylation sites (tertiary alicyclic amines) is 1. The Kier molecular flexibility index (Phi) is 5.35. The van der Waals surface area contributed by atoms with E-state index in [9.17, 15) is 4.79 Å². The van der Waals surface area contributed by atoms with E-state index in [1.165, 1.54) is 0 Å². The molecule has 6 nitrogen and oxygen atoms in total. The average Bonchev–Trinajstić information content (AvgIpc) is 3.10. The van der Waals surface area contributed by atoms with E-state index >= 15 is 0 Å². The van der Waals surface area contributed by atoms with E-state index in [0.717, 1.165) is 50.2 Å². The molecule has 1 aromatic heterocycles. The van der Waals surface area contributed by atoms with Crippen LogP contribution in [0, 0.1) is 0 Å². The van der Waals surface area contributed by atoms with Crippen molar-refractivity contribution in [3.8, 4) is 11.3 Å². The first-order chi connectivity index (χ1) is 11.7. The van der Waals surface area contributed by atoms with Crippen molar-refractivity contribution in [1.82, 2.24) is 25.2 Å². The fourth-order valence-electron chi connectivity index (χ4n) is 2.92. The smallest absolute Gasteiger partial charge is 0.317 e. The predicted molar refractivity (Wildman–Crippen MR) is 94.0 cm³/mol. The highest BCUT2D eigenvalue weighted by molar-refractivity contribution is 6.33. The van der Waals surface area contributed by atoms with Crippen molar-refractivity contribution >= 4 is 17.6 Å². The molecule has 1 N–H and O–H groups in total. The van der Waals surface area contributed by atoms with Gasteiger partial charge in [-0.3, -0.25) is 0 Å². The van der Waals surface area contributed by atoms with E-state index in [1.54, 1.807) is 0 Å². The molecule has 2 heterocycles. The molecule has 0 unspecified atom stereocenters. The zero-order valence-electron chi connectivity index (χ0n) is 13.8. The largest absolute Gasteiger partial charge is 0.338 e. The summed E-state index contributed by atoms with van der Waals surface area (Å²) in [7, 11) is 0. The van der Waals surface area contributed by atoms with Gasteiger partial charge in [0.15, 0.2) is 0 Å². The van der Waals surface area contributed by atoms with Crippen molar-refractivity contribution in [1.29, 1.82) is 0 Å². The maximum absolute atomic E-state index is 12.0. The average molecular weight is 348 g/mol. The van der Waals surface area contributed by atoms with Crippen LogP contribution >= 0.6 is 11.6 Å². The molecule has 3 rings (SSSR count). The molecule has 0 bridgehead atoms. The molecule has 1 fully saturated rings. The number of piperidine rings is 1. The first-order valence-corrected chi connectivity index (χ1v) is 8.76. The van der Waals surface area contributed by atoms with Gasteiger partial charge in [0, 0.05) is 25.2 Å². The summed E-state index contributed by atoms with van der Waals surface area (Å²) < 4.78 is 1.90. The molecule has 0 aliphatic carbocycles. The number of nitrogens with one attached hydrogen (secondary N) is 1. The molecule has 7 heteroatoms. The van der Waals surface area contributed by atoms with Crippen LogP contribution in [-0.4, -0.2) is 45.6 Å². The Morgan fingerprint density at radius 2 is 2.08 bits per heavy atom. The molecule has 0 saturated carbocycles. The quantitative estimate of drug-likeness (QED) is 0.922. The van der Waals surface area contributed by atoms with Gasteiger partial charge in [-0.15, -0.1) is 5.10 Å². The molecule has 2 aromatic rings. The molecule has 0 atom stereocenters. The van der Waals surface area contributed by atoms with Crippen molar-refractivity contribution in [2.75, 3.05) is 19.6 Å². The van der Waals surface area contributed by atoms with Crippen LogP contribution < -0.4 is 5.32 Å². The highest BCUT2D eigenvalue weighted by Crippen LogP contribution is 2.28. The summed E-state index contributed by atoms with van der Waals surface area (Å²) in [6.07, 6.45) is 4.65. The van der Waals surface area contributed by atoms with Gasteiger partial charge in [-0.1, -0.05) is 41.9 Å². The first kappa shape index (κ1) is 16.8. The van der Waals surface area contributed by atoms with Crippen LogP contribution in [0.15, 0.2) is 30.5 Å². The van der Waals surface area contributed by atoms with Crippen LogP contribution in [0.3, 0.4) is 0 Å². The summed E-state index contributed by atoms with van der Waals surface area (Å²) in [6.45, 7) is 4.25. The summed E-state index contributed by atoms with van der Waals surface area (Å²) in [5.74, 6) is 0. The number of rotatable bonds is 4. The normalized spacial score (nSPS) is 15.5. The molecule has 2 amide bonds. The first-order valence-electron chi connectivity index (χ1n) is 8.38. The number of halogens is 1. The molecule has 1 saturated heterocycles. The highest BCUT2D eigenvalue weighted by Gasteiger charge is 2.24. The Hall–Kier alpha value is -2.08. The minimum absolute atomic E-state index is 0.0330. The molecule has 1 aliphatic heterocycles. The summed E-state index contributed by atoms with van der Waals surface area (Å²) >= 11 is 6.22. The monoisotopic (exact) mass is 347 g/mol. The van der Waals surface area contributed by atoms with Crippen molar-refractivity contribution < 1.29 is 4.79 Å². The van der Waals surface area contributed by atoms with E-state index in [1.807, 2.05) is 47.0 Å². The Morgan fingerprint density at radius 3 is 2.79 bits per heavy atom. The number of hydrogen-bond donors (Lipinski definition) is 1. The number of hydrogen-bond acceptors (Lipinski definition) is 3. The van der Waals surface area contributed by atoms with Gasteiger partial charge in [-0.25, -0.2) is 9.48 Å². The van der Waals surface area contributed by atoms with Gasteiger partial charge in [0.2, 0.25) is 0 Å². The number of aromatic nitrogens is 3. The van der Waals surface area contributed by atoms with Crippen LogP contribution in [0.5, 0.6) is 0 Å². The van der Waals surface area contributed by atoms with E-state index < -0.39 is 0 Å². The molecule has 24 heavy (non-hydrogen) atoms. The van der Waals surface area contributed by atoms with Crippen LogP contribution in [0.2, 0.25) is 5.02 Å². The number of carbonyl (C=O) groups is 1. The minimum Gasteiger partial charge on any atom is -0.338 e. The molecule has 128 valence electrons. The lowest BCUT2D eigenvalue weighted by molar-refractivity contribution is 0.168. The number of carbonyl (C=O) groups excluding carboxylic acids is 1. The van der Waals surface area contributed by atoms with Gasteiger partial charge in [0.1, 0.15) is 5.69 Å². The van der Waals surface area contributed by atoms with Gasteiger partial charge in [0.25, 0.3) is 0 Å². The lowest BCUT2D eigenvalue weighted by atomic mass is 10.1. The fraction of sp³-hybridized carbons (Fsp3) is 0.471. The number of urea groups is 1. The molecule has 0 spiro atoms. The van der Waals surface area contributed by atoms with E-state index in [0.29, 0.717) is 5.02 Å².